The van der Waals surface area contributed by atoms with E-state index in [1.165, 1.54) is 6.42 Å². The second-order valence-electron chi connectivity index (χ2n) is 4.96. The van der Waals surface area contributed by atoms with E-state index in [-0.39, 0.29) is 0 Å². The van der Waals surface area contributed by atoms with Crippen molar-refractivity contribution >= 4 is 5.97 Å². The summed E-state index contributed by atoms with van der Waals surface area (Å²) < 4.78 is 0. The lowest BCUT2D eigenvalue weighted by molar-refractivity contribution is -0.253. The minimum atomic E-state index is -0.437. The summed E-state index contributed by atoms with van der Waals surface area (Å²) in [6.07, 6.45) is 4.30. The third-order valence-corrected chi connectivity index (χ3v) is 3.47. The van der Waals surface area contributed by atoms with Crippen LogP contribution in [-0.2, 0) is 9.78 Å². The zero-order chi connectivity index (χ0) is 13.0. The zero-order valence-electron chi connectivity index (χ0n) is 10.9. The van der Waals surface area contributed by atoms with E-state index in [0.29, 0.717) is 17.4 Å². The molecular weight excluding hydrogens is 228 g/mol. The number of benzene rings is 1. The standard InChI is InChI=1S/C15H19O3/c1-11-7-6-8-12(2)14(11)17-18-15(16)13-9-4-3-5-10-13/h3-5,9-12H,6-8H2,1-2H3. The minimum Gasteiger partial charge on any atom is -0.292 e. The summed E-state index contributed by atoms with van der Waals surface area (Å²) in [7, 11) is 0. The molecule has 2 atom stereocenters. The molecule has 0 amide bonds. The first-order valence-electron chi connectivity index (χ1n) is 6.49. The van der Waals surface area contributed by atoms with Gasteiger partial charge in [0.15, 0.2) is 6.10 Å². The molecule has 0 aromatic heterocycles. The van der Waals surface area contributed by atoms with Crippen molar-refractivity contribution in [3.8, 4) is 0 Å². The monoisotopic (exact) mass is 247 g/mol. The van der Waals surface area contributed by atoms with Gasteiger partial charge >= 0.3 is 5.97 Å². The fraction of sp³-hybridized carbons (Fsp3) is 0.467. The predicted octanol–water partition coefficient (Wildman–Crippen LogP) is 3.76. The van der Waals surface area contributed by atoms with E-state index in [2.05, 4.69) is 13.8 Å². The van der Waals surface area contributed by atoms with Gasteiger partial charge in [0.25, 0.3) is 0 Å². The van der Waals surface area contributed by atoms with E-state index < -0.39 is 5.97 Å². The Bertz CT molecular complexity index is 378. The van der Waals surface area contributed by atoms with Crippen LogP contribution >= 0.6 is 0 Å². The van der Waals surface area contributed by atoms with Crippen molar-refractivity contribution < 1.29 is 14.6 Å². The fourth-order valence-corrected chi connectivity index (χ4v) is 2.37. The van der Waals surface area contributed by atoms with Crippen molar-refractivity contribution in [2.75, 3.05) is 0 Å². The molecule has 97 valence electrons. The summed E-state index contributed by atoms with van der Waals surface area (Å²) in [5, 5.41) is 0. The van der Waals surface area contributed by atoms with Gasteiger partial charge in [-0.15, -0.1) is 0 Å². The van der Waals surface area contributed by atoms with Crippen molar-refractivity contribution in [1.29, 1.82) is 0 Å². The summed E-state index contributed by atoms with van der Waals surface area (Å²) in [5.41, 5.74) is 0.509. The minimum absolute atomic E-state index is 0.359. The van der Waals surface area contributed by atoms with Crippen molar-refractivity contribution in [3.05, 3.63) is 42.0 Å². The van der Waals surface area contributed by atoms with Crippen molar-refractivity contribution in [3.63, 3.8) is 0 Å². The van der Waals surface area contributed by atoms with Gasteiger partial charge in [0, 0.05) is 0 Å². The van der Waals surface area contributed by atoms with Crippen LogP contribution in [0.3, 0.4) is 0 Å². The molecule has 0 saturated heterocycles. The van der Waals surface area contributed by atoms with Crippen LogP contribution in [0, 0.1) is 17.9 Å². The fourth-order valence-electron chi connectivity index (χ4n) is 2.37. The van der Waals surface area contributed by atoms with Gasteiger partial charge in [0.2, 0.25) is 0 Å². The summed E-state index contributed by atoms with van der Waals surface area (Å²) in [4.78, 5) is 22.0. The van der Waals surface area contributed by atoms with E-state index in [4.69, 9.17) is 9.78 Å². The molecule has 1 fully saturated rings. The van der Waals surface area contributed by atoms with E-state index >= 15 is 0 Å². The molecule has 1 radical (unpaired) electrons. The van der Waals surface area contributed by atoms with Crippen LogP contribution in [0.25, 0.3) is 0 Å². The molecule has 1 aliphatic rings. The Hall–Kier alpha value is -1.35. The topological polar surface area (TPSA) is 35.5 Å². The zero-order valence-corrected chi connectivity index (χ0v) is 10.9. The highest BCUT2D eigenvalue weighted by atomic mass is 17.2. The van der Waals surface area contributed by atoms with Crippen molar-refractivity contribution in [2.45, 2.75) is 33.1 Å². The Labute approximate surface area is 108 Å². The summed E-state index contributed by atoms with van der Waals surface area (Å²) in [5.74, 6) is 0.280. The average molecular weight is 247 g/mol. The Morgan fingerprint density at radius 1 is 1.11 bits per heavy atom. The third kappa shape index (κ3) is 3.10. The summed E-state index contributed by atoms with van der Waals surface area (Å²) in [6.45, 7) is 4.22. The second kappa shape index (κ2) is 6.01. The Kier molecular flexibility index (Phi) is 4.37. The third-order valence-electron chi connectivity index (χ3n) is 3.47. The van der Waals surface area contributed by atoms with E-state index in [1.807, 2.05) is 6.07 Å². The maximum Gasteiger partial charge on any atom is 0.373 e. The second-order valence-corrected chi connectivity index (χ2v) is 4.96. The average Bonchev–Trinajstić information content (AvgIpc) is 2.39. The van der Waals surface area contributed by atoms with Gasteiger partial charge in [0.1, 0.15) is 0 Å². The number of carbonyl (C=O) groups is 1. The van der Waals surface area contributed by atoms with Gasteiger partial charge in [-0.05, 0) is 36.8 Å². The van der Waals surface area contributed by atoms with E-state index in [1.54, 1.807) is 24.3 Å². The molecule has 0 spiro atoms. The molecule has 18 heavy (non-hydrogen) atoms. The van der Waals surface area contributed by atoms with Gasteiger partial charge in [-0.2, -0.15) is 4.89 Å². The summed E-state index contributed by atoms with van der Waals surface area (Å²) >= 11 is 0. The van der Waals surface area contributed by atoms with Gasteiger partial charge in [-0.3, -0.25) is 4.89 Å². The molecule has 0 N–H and O–H groups in total. The molecule has 1 aromatic carbocycles. The van der Waals surface area contributed by atoms with Crippen LogP contribution in [0.15, 0.2) is 30.3 Å². The molecule has 1 aromatic rings. The van der Waals surface area contributed by atoms with Crippen LogP contribution in [0.2, 0.25) is 0 Å². The molecule has 0 aliphatic heterocycles. The highest BCUT2D eigenvalue weighted by Crippen LogP contribution is 2.37. The first-order chi connectivity index (χ1) is 8.68. The molecule has 1 saturated carbocycles. The van der Waals surface area contributed by atoms with Gasteiger partial charge < -0.3 is 0 Å². The lowest BCUT2D eigenvalue weighted by Gasteiger charge is -2.31. The molecule has 2 rings (SSSR count). The molecule has 0 heterocycles. The smallest absolute Gasteiger partial charge is 0.292 e. The number of hydrogen-bond donors (Lipinski definition) is 0. The predicted molar refractivity (Wildman–Crippen MR) is 68.4 cm³/mol. The van der Waals surface area contributed by atoms with Gasteiger partial charge in [-0.25, -0.2) is 4.79 Å². The van der Waals surface area contributed by atoms with E-state index in [0.717, 1.165) is 18.9 Å². The van der Waals surface area contributed by atoms with Crippen LogP contribution in [0.5, 0.6) is 0 Å². The number of rotatable bonds is 3. The van der Waals surface area contributed by atoms with Gasteiger partial charge in [-0.1, -0.05) is 38.5 Å². The normalized spacial score (nSPS) is 24.8. The Morgan fingerprint density at radius 2 is 1.72 bits per heavy atom. The van der Waals surface area contributed by atoms with Crippen molar-refractivity contribution in [2.24, 2.45) is 11.8 Å². The number of hydrogen-bond acceptors (Lipinski definition) is 3. The Morgan fingerprint density at radius 3 is 2.33 bits per heavy atom. The van der Waals surface area contributed by atoms with Crippen LogP contribution < -0.4 is 0 Å². The first kappa shape index (κ1) is 13.1. The molecule has 0 bridgehead atoms. The molecule has 1 aliphatic carbocycles. The molecular formula is C15H19O3. The first-order valence-corrected chi connectivity index (χ1v) is 6.49. The maximum absolute atomic E-state index is 11.7. The Balaban J connectivity index is 1.89. The largest absolute Gasteiger partial charge is 0.373 e. The number of carbonyl (C=O) groups excluding carboxylic acids is 1. The summed E-state index contributed by atoms with van der Waals surface area (Å²) in [6, 6.07) is 8.89. The molecule has 3 heteroatoms. The SMILES string of the molecule is CC1CCCC(C)[C]1OOC(=O)c1ccccc1. The highest BCUT2D eigenvalue weighted by Gasteiger charge is 2.32. The van der Waals surface area contributed by atoms with Crippen LogP contribution in [0.4, 0.5) is 0 Å². The van der Waals surface area contributed by atoms with Gasteiger partial charge in [0.05, 0.1) is 5.56 Å². The van der Waals surface area contributed by atoms with Crippen LogP contribution in [-0.4, -0.2) is 5.97 Å². The van der Waals surface area contributed by atoms with Crippen LogP contribution in [0.1, 0.15) is 43.5 Å². The quantitative estimate of drug-likeness (QED) is 0.602. The molecule has 2 unspecified atom stereocenters. The van der Waals surface area contributed by atoms with E-state index in [9.17, 15) is 4.79 Å². The van der Waals surface area contributed by atoms with Crippen molar-refractivity contribution in [1.82, 2.24) is 0 Å². The maximum atomic E-state index is 11.7. The highest BCUT2D eigenvalue weighted by molar-refractivity contribution is 5.88. The lowest BCUT2D eigenvalue weighted by Crippen LogP contribution is -2.26. The lowest BCUT2D eigenvalue weighted by atomic mass is 9.81. The molecule has 3 nitrogen and oxygen atoms in total.